The summed E-state index contributed by atoms with van der Waals surface area (Å²) in [5.41, 5.74) is 0.614. The van der Waals surface area contributed by atoms with Crippen LogP contribution in [0.25, 0.3) is 0 Å². The highest BCUT2D eigenvalue weighted by Crippen LogP contribution is 2.32. The Morgan fingerprint density at radius 3 is 2.25 bits per heavy atom. The summed E-state index contributed by atoms with van der Waals surface area (Å²) in [7, 11) is 2.39. The number of ether oxygens (including phenoxy) is 3. The average molecular weight is 432 g/mol. The molecule has 0 aliphatic carbocycles. The van der Waals surface area contributed by atoms with Crippen LogP contribution < -0.4 is 9.64 Å². The van der Waals surface area contributed by atoms with Crippen molar-refractivity contribution in [2.75, 3.05) is 19.1 Å². The summed E-state index contributed by atoms with van der Waals surface area (Å²) in [6.07, 6.45) is 1.45. The molecule has 160 valence electrons. The minimum atomic E-state index is -0.733. The van der Waals surface area contributed by atoms with Crippen molar-refractivity contribution >= 4 is 29.4 Å². The number of hydrogen-bond acceptors (Lipinski definition) is 8. The molecule has 3 aromatic rings. The van der Waals surface area contributed by atoms with Crippen LogP contribution in [0.1, 0.15) is 41.6 Å². The molecule has 0 radical (unpaired) electrons. The van der Waals surface area contributed by atoms with E-state index in [-0.39, 0.29) is 28.1 Å². The Morgan fingerprint density at radius 1 is 0.812 bits per heavy atom. The number of hydrogen-bond donors (Lipinski definition) is 0. The lowest BCUT2D eigenvalue weighted by atomic mass is 10.1. The summed E-state index contributed by atoms with van der Waals surface area (Å²) in [6.45, 7) is 0. The quantitative estimate of drug-likeness (QED) is 0.446. The van der Waals surface area contributed by atoms with E-state index in [1.165, 1.54) is 44.7 Å². The molecule has 0 saturated carbocycles. The first-order chi connectivity index (χ1) is 15.4. The van der Waals surface area contributed by atoms with Crippen LogP contribution in [-0.2, 0) is 9.47 Å². The largest absolute Gasteiger partial charge is 0.465 e. The summed E-state index contributed by atoms with van der Waals surface area (Å²) in [5.74, 6) is -1.90. The lowest BCUT2D eigenvalue weighted by molar-refractivity contribution is 0.0555. The molecule has 2 heterocycles. The van der Waals surface area contributed by atoms with E-state index in [4.69, 9.17) is 9.47 Å². The summed E-state index contributed by atoms with van der Waals surface area (Å²) >= 11 is 0. The Bertz CT molecular complexity index is 1230. The minimum Gasteiger partial charge on any atom is -0.465 e. The van der Waals surface area contributed by atoms with E-state index < -0.39 is 23.8 Å². The number of carbonyl (C=O) groups is 4. The molecular formula is C23H16N2O7. The summed E-state index contributed by atoms with van der Waals surface area (Å²) in [6, 6.07) is 13.7. The third-order valence-corrected chi connectivity index (χ3v) is 4.76. The zero-order valence-electron chi connectivity index (χ0n) is 17.0. The number of rotatable bonds is 5. The number of carbonyl (C=O) groups excluding carboxylic acids is 4. The Hall–Kier alpha value is -4.53. The number of esters is 2. The van der Waals surface area contributed by atoms with Crippen LogP contribution in [0.5, 0.6) is 11.5 Å². The molecule has 4 rings (SSSR count). The number of anilines is 1. The number of amides is 2. The van der Waals surface area contributed by atoms with E-state index >= 15 is 0 Å². The van der Waals surface area contributed by atoms with Gasteiger partial charge in [0.05, 0.1) is 36.6 Å². The predicted molar refractivity (Wildman–Crippen MR) is 111 cm³/mol. The van der Waals surface area contributed by atoms with Gasteiger partial charge in [-0.2, -0.15) is 0 Å². The monoisotopic (exact) mass is 432 g/mol. The first-order valence-electron chi connectivity index (χ1n) is 9.37. The molecule has 9 nitrogen and oxygen atoms in total. The van der Waals surface area contributed by atoms with Crippen LogP contribution in [-0.4, -0.2) is 43.0 Å². The van der Waals surface area contributed by atoms with Crippen molar-refractivity contribution in [1.29, 1.82) is 0 Å². The highest BCUT2D eigenvalue weighted by atomic mass is 16.5. The molecule has 32 heavy (non-hydrogen) atoms. The Labute approximate surface area is 182 Å². The van der Waals surface area contributed by atoms with Crippen molar-refractivity contribution in [3.63, 3.8) is 0 Å². The Kier molecular flexibility index (Phi) is 5.38. The SMILES string of the molecule is COC(=O)c1ccc(Oc2cccc(N3C(=O)c4cccnc4C3=O)c2)cc1C(=O)OC. The summed E-state index contributed by atoms with van der Waals surface area (Å²) < 4.78 is 15.2. The lowest BCUT2D eigenvalue weighted by Crippen LogP contribution is -2.29. The summed E-state index contributed by atoms with van der Waals surface area (Å²) in [4.78, 5) is 54.4. The van der Waals surface area contributed by atoms with Crippen LogP contribution in [0.2, 0.25) is 0 Å². The molecule has 0 N–H and O–H groups in total. The van der Waals surface area contributed by atoms with Gasteiger partial charge in [-0.05, 0) is 42.5 Å². The number of pyridine rings is 1. The number of imide groups is 1. The Balaban J connectivity index is 1.64. The first kappa shape index (κ1) is 20.7. The van der Waals surface area contributed by atoms with Gasteiger partial charge in [-0.3, -0.25) is 14.6 Å². The third kappa shape index (κ3) is 3.56. The molecule has 0 unspecified atom stereocenters. The van der Waals surface area contributed by atoms with Crippen molar-refractivity contribution in [2.24, 2.45) is 0 Å². The molecule has 0 spiro atoms. The van der Waals surface area contributed by atoms with Gasteiger partial charge < -0.3 is 14.2 Å². The fraction of sp³-hybridized carbons (Fsp3) is 0.0870. The minimum absolute atomic E-state index is 0.0268. The van der Waals surface area contributed by atoms with Crippen LogP contribution >= 0.6 is 0 Å². The van der Waals surface area contributed by atoms with E-state index in [0.717, 1.165) is 4.90 Å². The zero-order valence-corrected chi connectivity index (χ0v) is 17.0. The average Bonchev–Trinajstić information content (AvgIpc) is 3.08. The molecule has 2 aromatic carbocycles. The second kappa shape index (κ2) is 8.31. The molecule has 1 aromatic heterocycles. The lowest BCUT2D eigenvalue weighted by Gasteiger charge is -2.15. The molecular weight excluding hydrogens is 416 g/mol. The van der Waals surface area contributed by atoms with Crippen LogP contribution in [0.15, 0.2) is 60.8 Å². The second-order valence-electron chi connectivity index (χ2n) is 6.64. The van der Waals surface area contributed by atoms with Crippen molar-refractivity contribution in [3.8, 4) is 11.5 Å². The van der Waals surface area contributed by atoms with Gasteiger partial charge in [0.2, 0.25) is 0 Å². The zero-order chi connectivity index (χ0) is 22.8. The number of nitrogens with zero attached hydrogens (tertiary/aromatic N) is 2. The fourth-order valence-electron chi connectivity index (χ4n) is 3.28. The normalized spacial score (nSPS) is 12.4. The van der Waals surface area contributed by atoms with Gasteiger partial charge >= 0.3 is 11.9 Å². The number of fused-ring (bicyclic) bond motifs is 1. The second-order valence-corrected chi connectivity index (χ2v) is 6.64. The maximum atomic E-state index is 12.7. The standard InChI is InChI=1S/C23H16N2O7/c1-30-22(28)16-9-8-15(12-18(16)23(29)31-2)32-14-6-3-5-13(11-14)25-20(26)17-7-4-10-24-19(17)21(25)27/h3-12H,1-2H3. The predicted octanol–water partition coefficient (Wildman–Crippen LogP) is 3.25. The maximum Gasteiger partial charge on any atom is 0.338 e. The molecule has 9 heteroatoms. The molecule has 1 aliphatic heterocycles. The highest BCUT2D eigenvalue weighted by Gasteiger charge is 2.37. The summed E-state index contributed by atoms with van der Waals surface area (Å²) in [5, 5.41) is 0. The van der Waals surface area contributed by atoms with Gasteiger partial charge in [-0.1, -0.05) is 6.07 Å². The van der Waals surface area contributed by atoms with Crippen molar-refractivity contribution in [3.05, 3.63) is 83.2 Å². The number of benzene rings is 2. The maximum absolute atomic E-state index is 12.7. The van der Waals surface area contributed by atoms with Crippen LogP contribution in [0.4, 0.5) is 5.69 Å². The van der Waals surface area contributed by atoms with Gasteiger partial charge in [-0.15, -0.1) is 0 Å². The van der Waals surface area contributed by atoms with Gasteiger partial charge in [0.1, 0.15) is 17.2 Å². The van der Waals surface area contributed by atoms with Crippen LogP contribution in [0, 0.1) is 0 Å². The van der Waals surface area contributed by atoms with Gasteiger partial charge in [-0.25, -0.2) is 14.5 Å². The van der Waals surface area contributed by atoms with Crippen LogP contribution in [0.3, 0.4) is 0 Å². The first-order valence-corrected chi connectivity index (χ1v) is 9.37. The van der Waals surface area contributed by atoms with E-state index in [2.05, 4.69) is 9.72 Å². The van der Waals surface area contributed by atoms with E-state index in [0.29, 0.717) is 11.4 Å². The molecule has 1 aliphatic rings. The van der Waals surface area contributed by atoms with E-state index in [1.54, 1.807) is 30.3 Å². The van der Waals surface area contributed by atoms with Gasteiger partial charge in [0.15, 0.2) is 0 Å². The highest BCUT2D eigenvalue weighted by molar-refractivity contribution is 6.33. The van der Waals surface area contributed by atoms with Crippen molar-refractivity contribution < 1.29 is 33.4 Å². The molecule has 0 saturated heterocycles. The molecule has 0 atom stereocenters. The van der Waals surface area contributed by atoms with Gasteiger partial charge in [0.25, 0.3) is 11.8 Å². The van der Waals surface area contributed by atoms with E-state index in [1.807, 2.05) is 0 Å². The van der Waals surface area contributed by atoms with Crippen molar-refractivity contribution in [2.45, 2.75) is 0 Å². The smallest absolute Gasteiger partial charge is 0.338 e. The molecule has 0 fully saturated rings. The Morgan fingerprint density at radius 2 is 1.53 bits per heavy atom. The van der Waals surface area contributed by atoms with E-state index in [9.17, 15) is 19.2 Å². The van der Waals surface area contributed by atoms with Crippen molar-refractivity contribution in [1.82, 2.24) is 4.98 Å². The topological polar surface area (TPSA) is 112 Å². The molecule has 2 amide bonds. The van der Waals surface area contributed by atoms with Gasteiger partial charge in [0, 0.05) is 12.3 Å². The third-order valence-electron chi connectivity index (χ3n) is 4.76. The number of methoxy groups -OCH3 is 2. The fourth-order valence-corrected chi connectivity index (χ4v) is 3.28. The molecule has 0 bridgehead atoms. The number of aromatic nitrogens is 1.